The van der Waals surface area contributed by atoms with Gasteiger partial charge in [-0.3, -0.25) is 14.4 Å². The molecule has 2 aromatic carbocycles. The standard InChI is InChI=1S/C40H47F2NO5/c1-3-4-5-6-7-8-9-10-11-12-13-14-15-16-17-18-19-20-21-23-39(45)47-29-22-28-43-40(46)36-30-33(24-27-38(36)48-32(2)44)35-26-25-34(41)31-37(35)42/h4-5,7-8,10-11,13-14,16-17,19-20,24-27,30-31H,3,6,9,12,15,18,21-23,28-29H2,1-2H3,(H,43,46). The number of benzene rings is 2. The minimum absolute atomic E-state index is 0.00657. The first-order valence-electron chi connectivity index (χ1n) is 16.4. The van der Waals surface area contributed by atoms with Crippen LogP contribution in [0.25, 0.3) is 11.1 Å². The molecule has 2 aromatic rings. The van der Waals surface area contributed by atoms with Gasteiger partial charge < -0.3 is 14.8 Å². The molecule has 1 N–H and O–H groups in total. The summed E-state index contributed by atoms with van der Waals surface area (Å²) in [5.74, 6) is -3.01. The molecule has 0 spiro atoms. The average molecular weight is 660 g/mol. The van der Waals surface area contributed by atoms with Crippen LogP contribution in [0.5, 0.6) is 5.75 Å². The van der Waals surface area contributed by atoms with Crippen molar-refractivity contribution in [3.8, 4) is 16.9 Å². The Morgan fingerprint density at radius 3 is 1.90 bits per heavy atom. The van der Waals surface area contributed by atoms with Gasteiger partial charge in [0.25, 0.3) is 5.91 Å². The van der Waals surface area contributed by atoms with Gasteiger partial charge in [0.15, 0.2) is 0 Å². The predicted octanol–water partition coefficient (Wildman–Crippen LogP) is 9.70. The van der Waals surface area contributed by atoms with Gasteiger partial charge in [-0.15, -0.1) is 0 Å². The van der Waals surface area contributed by atoms with Crippen LogP contribution in [0.1, 0.15) is 82.0 Å². The summed E-state index contributed by atoms with van der Waals surface area (Å²) < 4.78 is 38.0. The summed E-state index contributed by atoms with van der Waals surface area (Å²) in [6, 6.07) is 7.37. The van der Waals surface area contributed by atoms with Crippen LogP contribution in [0.3, 0.4) is 0 Å². The van der Waals surface area contributed by atoms with Gasteiger partial charge in [-0.1, -0.05) is 85.9 Å². The number of halogens is 2. The van der Waals surface area contributed by atoms with Gasteiger partial charge in [-0.25, -0.2) is 8.78 Å². The number of hydrogen-bond donors (Lipinski definition) is 1. The molecule has 0 atom stereocenters. The first-order chi connectivity index (χ1) is 23.3. The van der Waals surface area contributed by atoms with E-state index in [0.717, 1.165) is 50.7 Å². The summed E-state index contributed by atoms with van der Waals surface area (Å²) in [6.07, 6.45) is 32.4. The zero-order valence-corrected chi connectivity index (χ0v) is 28.0. The summed E-state index contributed by atoms with van der Waals surface area (Å²) in [7, 11) is 0. The molecule has 256 valence electrons. The molecular formula is C40H47F2NO5. The third-order valence-corrected chi connectivity index (χ3v) is 6.70. The van der Waals surface area contributed by atoms with E-state index < -0.39 is 23.5 Å². The quantitative estimate of drug-likeness (QED) is 0.0625. The van der Waals surface area contributed by atoms with E-state index in [1.807, 2.05) is 12.2 Å². The van der Waals surface area contributed by atoms with Crippen molar-refractivity contribution in [3.05, 3.63) is 127 Å². The van der Waals surface area contributed by atoms with Crippen LogP contribution in [0.2, 0.25) is 0 Å². The van der Waals surface area contributed by atoms with E-state index in [0.29, 0.717) is 18.4 Å². The second-order valence-electron chi connectivity index (χ2n) is 10.7. The van der Waals surface area contributed by atoms with Crippen molar-refractivity contribution in [1.29, 1.82) is 0 Å². The Kier molecular flexibility index (Phi) is 19.9. The predicted molar refractivity (Wildman–Crippen MR) is 188 cm³/mol. The molecule has 0 aliphatic heterocycles. The molecule has 0 aromatic heterocycles. The molecule has 0 fully saturated rings. The molecule has 0 bridgehead atoms. The minimum Gasteiger partial charge on any atom is -0.466 e. The lowest BCUT2D eigenvalue weighted by molar-refractivity contribution is -0.143. The molecule has 1 amide bonds. The third kappa shape index (κ3) is 17.2. The highest BCUT2D eigenvalue weighted by Crippen LogP contribution is 2.29. The van der Waals surface area contributed by atoms with Crippen molar-refractivity contribution < 1.29 is 32.6 Å². The lowest BCUT2D eigenvalue weighted by atomic mass is 10.0. The fraction of sp³-hybridized carbons (Fsp3) is 0.325. The smallest absolute Gasteiger partial charge is 0.308 e. The van der Waals surface area contributed by atoms with Gasteiger partial charge >= 0.3 is 11.9 Å². The molecule has 8 heteroatoms. The molecule has 0 saturated heterocycles. The monoisotopic (exact) mass is 659 g/mol. The Bertz CT molecular complexity index is 1490. The minimum atomic E-state index is -0.788. The topological polar surface area (TPSA) is 81.7 Å². The van der Waals surface area contributed by atoms with Gasteiger partial charge in [-0.2, -0.15) is 0 Å². The number of esters is 2. The highest BCUT2D eigenvalue weighted by Gasteiger charge is 2.17. The highest BCUT2D eigenvalue weighted by atomic mass is 19.1. The van der Waals surface area contributed by atoms with Crippen molar-refractivity contribution in [1.82, 2.24) is 5.32 Å². The largest absolute Gasteiger partial charge is 0.466 e. The Hall–Kier alpha value is -4.85. The lowest BCUT2D eigenvalue weighted by Gasteiger charge is -2.12. The lowest BCUT2D eigenvalue weighted by Crippen LogP contribution is -2.26. The van der Waals surface area contributed by atoms with E-state index >= 15 is 0 Å². The van der Waals surface area contributed by atoms with E-state index in [4.69, 9.17) is 9.47 Å². The summed E-state index contributed by atoms with van der Waals surface area (Å²) in [5.41, 5.74) is 0.421. The fourth-order valence-electron chi connectivity index (χ4n) is 4.31. The third-order valence-electron chi connectivity index (χ3n) is 6.70. The van der Waals surface area contributed by atoms with Crippen molar-refractivity contribution in [2.24, 2.45) is 0 Å². The molecule has 0 saturated carbocycles. The number of rotatable bonds is 21. The molecule has 6 nitrogen and oxygen atoms in total. The molecule has 0 aliphatic carbocycles. The molecule has 48 heavy (non-hydrogen) atoms. The molecule has 2 rings (SSSR count). The van der Waals surface area contributed by atoms with E-state index in [-0.39, 0.29) is 42.4 Å². The number of carbonyl (C=O) groups excluding carboxylic acids is 3. The van der Waals surface area contributed by atoms with E-state index in [9.17, 15) is 23.2 Å². The SMILES string of the molecule is CCC=CCC=CCC=CCC=CCC=CCC=CCCC(=O)OCCCNC(=O)c1cc(-c2ccc(F)cc2F)ccc1OC(C)=O. The zero-order chi connectivity index (χ0) is 34.8. The molecule has 0 unspecified atom stereocenters. The van der Waals surface area contributed by atoms with Gasteiger partial charge in [0, 0.05) is 31.5 Å². The van der Waals surface area contributed by atoms with Crippen molar-refractivity contribution in [3.63, 3.8) is 0 Å². The van der Waals surface area contributed by atoms with Crippen molar-refractivity contribution >= 4 is 17.8 Å². The van der Waals surface area contributed by atoms with Crippen LogP contribution < -0.4 is 10.1 Å². The Morgan fingerprint density at radius 2 is 1.33 bits per heavy atom. The maximum Gasteiger partial charge on any atom is 0.308 e. The first-order valence-corrected chi connectivity index (χ1v) is 16.4. The summed E-state index contributed by atoms with van der Waals surface area (Å²) in [6.45, 7) is 3.65. The van der Waals surface area contributed by atoms with Gasteiger partial charge in [0.05, 0.1) is 12.2 Å². The van der Waals surface area contributed by atoms with E-state index in [1.165, 1.54) is 31.2 Å². The number of hydrogen-bond acceptors (Lipinski definition) is 5. The fourth-order valence-corrected chi connectivity index (χ4v) is 4.31. The summed E-state index contributed by atoms with van der Waals surface area (Å²) >= 11 is 0. The summed E-state index contributed by atoms with van der Waals surface area (Å²) in [5, 5.41) is 2.69. The molecule has 0 heterocycles. The molecule has 0 aliphatic rings. The average Bonchev–Trinajstić information content (AvgIpc) is 3.05. The van der Waals surface area contributed by atoms with Gasteiger partial charge in [0.1, 0.15) is 17.4 Å². The Labute approximate surface area is 283 Å². The van der Waals surface area contributed by atoms with Crippen LogP contribution in [-0.2, 0) is 14.3 Å². The maximum absolute atomic E-state index is 14.3. The van der Waals surface area contributed by atoms with Crippen molar-refractivity contribution in [2.75, 3.05) is 13.2 Å². The summed E-state index contributed by atoms with van der Waals surface area (Å²) in [4.78, 5) is 36.4. The van der Waals surface area contributed by atoms with Gasteiger partial charge in [-0.05, 0) is 81.2 Å². The van der Waals surface area contributed by atoms with Crippen LogP contribution in [0, 0.1) is 11.6 Å². The van der Waals surface area contributed by atoms with Crippen LogP contribution >= 0.6 is 0 Å². The highest BCUT2D eigenvalue weighted by molar-refractivity contribution is 5.99. The first kappa shape index (κ1) is 39.3. The molecular weight excluding hydrogens is 612 g/mol. The second-order valence-corrected chi connectivity index (χ2v) is 10.7. The van der Waals surface area contributed by atoms with E-state index in [2.05, 4.69) is 73.0 Å². The second kappa shape index (κ2) is 24.3. The number of allylic oxidation sites excluding steroid dienone is 12. The zero-order valence-electron chi connectivity index (χ0n) is 28.0. The number of ether oxygens (including phenoxy) is 2. The van der Waals surface area contributed by atoms with Crippen LogP contribution in [0.15, 0.2) is 109 Å². The Balaban J connectivity index is 1.61. The number of nitrogens with one attached hydrogen (secondary N) is 1. The van der Waals surface area contributed by atoms with E-state index in [1.54, 1.807) is 0 Å². The normalized spacial score (nSPS) is 12.0. The maximum atomic E-state index is 14.3. The van der Waals surface area contributed by atoms with Gasteiger partial charge in [0.2, 0.25) is 0 Å². The van der Waals surface area contributed by atoms with Crippen molar-refractivity contribution in [2.45, 2.75) is 71.6 Å². The number of carbonyl (C=O) groups is 3. The van der Waals surface area contributed by atoms with Crippen LogP contribution in [-0.4, -0.2) is 31.0 Å². The molecule has 0 radical (unpaired) electrons. The number of amides is 1. The van der Waals surface area contributed by atoms with Crippen LogP contribution in [0.4, 0.5) is 8.78 Å². The Morgan fingerprint density at radius 1 is 0.750 bits per heavy atom.